The molecule has 1 unspecified atom stereocenters. The van der Waals surface area contributed by atoms with E-state index in [2.05, 4.69) is 21.2 Å². The van der Waals surface area contributed by atoms with Crippen molar-refractivity contribution in [3.8, 4) is 11.3 Å². The molecule has 6 nitrogen and oxygen atoms in total. The van der Waals surface area contributed by atoms with E-state index in [1.54, 1.807) is 6.07 Å². The molecule has 0 aliphatic carbocycles. The number of methoxy groups -OCH3 is 1. The molecular formula is C26H21BrN2O4S. The van der Waals surface area contributed by atoms with Crippen LogP contribution in [0.15, 0.2) is 76.1 Å². The molecule has 3 aromatic carbocycles. The lowest BCUT2D eigenvalue weighted by Gasteiger charge is -2.17. The molecule has 1 amide bonds. The number of pyridine rings is 1. The maximum absolute atomic E-state index is 13.6. The lowest BCUT2D eigenvalue weighted by Crippen LogP contribution is -2.18. The highest BCUT2D eigenvalue weighted by atomic mass is 79.9. The van der Waals surface area contributed by atoms with Gasteiger partial charge in [-0.3, -0.25) is 4.79 Å². The van der Waals surface area contributed by atoms with Crippen molar-refractivity contribution < 1.29 is 18.9 Å². The first-order chi connectivity index (χ1) is 16.3. The van der Waals surface area contributed by atoms with Crippen LogP contribution in [-0.4, -0.2) is 34.8 Å². The number of ether oxygens (including phenoxy) is 1. The largest absolute Gasteiger partial charge is 0.612 e. The Morgan fingerprint density at radius 1 is 1.06 bits per heavy atom. The summed E-state index contributed by atoms with van der Waals surface area (Å²) in [5, 5.41) is 3.59. The number of hydrogen-bond acceptors (Lipinski definition) is 5. The number of carbonyl (C=O) groups is 2. The molecule has 1 heterocycles. The molecule has 0 spiro atoms. The Morgan fingerprint density at radius 3 is 2.47 bits per heavy atom. The zero-order valence-corrected chi connectivity index (χ0v) is 21.1. The summed E-state index contributed by atoms with van der Waals surface area (Å²) in [6.07, 6.45) is 1.49. The summed E-state index contributed by atoms with van der Waals surface area (Å²) in [5.74, 6) is -0.907. The van der Waals surface area contributed by atoms with Crippen LogP contribution in [0, 0.1) is 6.92 Å². The van der Waals surface area contributed by atoms with E-state index in [0.29, 0.717) is 32.7 Å². The molecule has 0 saturated carbocycles. The molecule has 172 valence electrons. The molecule has 1 aromatic heterocycles. The minimum Gasteiger partial charge on any atom is -0.612 e. The highest BCUT2D eigenvalue weighted by Crippen LogP contribution is 2.32. The van der Waals surface area contributed by atoms with Crippen LogP contribution in [0.25, 0.3) is 22.2 Å². The van der Waals surface area contributed by atoms with Crippen molar-refractivity contribution in [3.05, 3.63) is 87.9 Å². The molecular weight excluding hydrogens is 516 g/mol. The number of nitrogens with one attached hydrogen (secondary N) is 1. The van der Waals surface area contributed by atoms with Crippen LogP contribution in [0.1, 0.15) is 26.3 Å². The number of hydrogen-bond donors (Lipinski definition) is 1. The van der Waals surface area contributed by atoms with E-state index in [9.17, 15) is 14.1 Å². The van der Waals surface area contributed by atoms with Gasteiger partial charge in [0.25, 0.3) is 5.91 Å². The number of fused-ring (bicyclic) bond motifs is 1. The van der Waals surface area contributed by atoms with Crippen molar-refractivity contribution in [1.82, 2.24) is 4.98 Å². The maximum Gasteiger partial charge on any atom is 0.338 e. The molecule has 0 saturated heterocycles. The van der Waals surface area contributed by atoms with Crippen molar-refractivity contribution in [3.63, 3.8) is 0 Å². The second kappa shape index (κ2) is 9.97. The number of anilines is 1. The Balaban J connectivity index is 1.85. The highest BCUT2D eigenvalue weighted by molar-refractivity contribution is 9.10. The van der Waals surface area contributed by atoms with Crippen LogP contribution >= 0.6 is 15.9 Å². The van der Waals surface area contributed by atoms with Crippen molar-refractivity contribution in [2.24, 2.45) is 0 Å². The first kappa shape index (κ1) is 23.9. The predicted molar refractivity (Wildman–Crippen MR) is 138 cm³/mol. The minimum absolute atomic E-state index is 0.256. The van der Waals surface area contributed by atoms with Crippen molar-refractivity contribution in [1.29, 1.82) is 0 Å². The third-order valence-electron chi connectivity index (χ3n) is 5.43. The van der Waals surface area contributed by atoms with Crippen LogP contribution < -0.4 is 5.32 Å². The molecule has 0 aliphatic heterocycles. The lowest BCUT2D eigenvalue weighted by atomic mass is 9.97. The lowest BCUT2D eigenvalue weighted by molar-refractivity contribution is 0.0600. The number of halogens is 1. The van der Waals surface area contributed by atoms with E-state index in [4.69, 9.17) is 9.72 Å². The quantitative estimate of drug-likeness (QED) is 0.259. The second-order valence-corrected chi connectivity index (χ2v) is 9.86. The first-order valence-electron chi connectivity index (χ1n) is 10.3. The van der Waals surface area contributed by atoms with Gasteiger partial charge in [-0.2, -0.15) is 0 Å². The normalized spacial score (nSPS) is 11.8. The topological polar surface area (TPSA) is 91.3 Å². The predicted octanol–water partition coefficient (Wildman–Crippen LogP) is 5.75. The van der Waals surface area contributed by atoms with Gasteiger partial charge in [-0.1, -0.05) is 46.3 Å². The van der Waals surface area contributed by atoms with Gasteiger partial charge in [0.15, 0.2) is 4.90 Å². The highest BCUT2D eigenvalue weighted by Gasteiger charge is 2.23. The van der Waals surface area contributed by atoms with Crippen molar-refractivity contribution in [2.75, 3.05) is 18.7 Å². The molecule has 4 rings (SSSR count). The number of benzene rings is 3. The Morgan fingerprint density at radius 2 is 1.79 bits per heavy atom. The smallest absolute Gasteiger partial charge is 0.338 e. The molecule has 1 N–H and O–H groups in total. The fourth-order valence-corrected chi connectivity index (χ4v) is 4.88. The van der Waals surface area contributed by atoms with Gasteiger partial charge in [0.2, 0.25) is 0 Å². The molecule has 0 bridgehead atoms. The van der Waals surface area contributed by atoms with Crippen LogP contribution in [0.4, 0.5) is 5.69 Å². The van der Waals surface area contributed by atoms with Crippen LogP contribution in [-0.2, 0) is 15.9 Å². The number of rotatable bonds is 5. The van der Waals surface area contributed by atoms with Gasteiger partial charge in [-0.25, -0.2) is 9.78 Å². The number of nitrogens with zero attached hydrogens (tertiary/aromatic N) is 1. The summed E-state index contributed by atoms with van der Waals surface area (Å²) in [6.45, 7) is 1.86. The molecule has 8 heteroatoms. The van der Waals surface area contributed by atoms with Crippen LogP contribution in [0.2, 0.25) is 0 Å². The van der Waals surface area contributed by atoms with Crippen LogP contribution in [0.3, 0.4) is 0 Å². The SMILES string of the molecule is COC(=O)c1ccc(NC(=O)c2c(C)c(-c3ccccc3)nc3ccc(Br)cc23)c([S+](C)[O-])c1. The van der Waals surface area contributed by atoms with Gasteiger partial charge in [0, 0.05) is 21.5 Å². The third kappa shape index (κ3) is 4.70. The Labute approximate surface area is 208 Å². The molecule has 1 atom stereocenters. The molecule has 0 fully saturated rings. The van der Waals surface area contributed by atoms with E-state index in [1.807, 2.05) is 55.5 Å². The Kier molecular flexibility index (Phi) is 7.02. The van der Waals surface area contributed by atoms with E-state index in [-0.39, 0.29) is 11.5 Å². The molecule has 0 radical (unpaired) electrons. The Bertz CT molecular complexity index is 1410. The van der Waals surface area contributed by atoms with Gasteiger partial charge in [-0.05, 0) is 54.0 Å². The number of esters is 1. The van der Waals surface area contributed by atoms with Gasteiger partial charge in [0.05, 0.1) is 35.1 Å². The summed E-state index contributed by atoms with van der Waals surface area (Å²) in [5.41, 5.74) is 4.09. The zero-order valence-electron chi connectivity index (χ0n) is 18.7. The van der Waals surface area contributed by atoms with E-state index >= 15 is 0 Å². The van der Waals surface area contributed by atoms with E-state index in [1.165, 1.54) is 25.5 Å². The van der Waals surface area contributed by atoms with Crippen molar-refractivity contribution in [2.45, 2.75) is 11.8 Å². The zero-order chi connectivity index (χ0) is 24.4. The summed E-state index contributed by atoms with van der Waals surface area (Å²) in [6, 6.07) is 19.8. The standard InChI is InChI=1S/C26H21BrN2O4S/c1-15-23(25(30)29-21-11-9-17(26(31)33-2)13-22(21)34(3)32)19-14-18(27)10-12-20(19)28-24(15)16-7-5-4-6-8-16/h4-14H,1-3H3,(H,29,30). The average molecular weight is 537 g/mol. The van der Waals surface area contributed by atoms with E-state index in [0.717, 1.165) is 15.6 Å². The van der Waals surface area contributed by atoms with Crippen LogP contribution in [0.5, 0.6) is 0 Å². The molecule has 0 aliphatic rings. The summed E-state index contributed by atoms with van der Waals surface area (Å²) >= 11 is 2.03. The van der Waals surface area contributed by atoms with Gasteiger partial charge in [-0.15, -0.1) is 0 Å². The Hall–Kier alpha value is -3.20. The van der Waals surface area contributed by atoms with Gasteiger partial charge < -0.3 is 14.6 Å². The van der Waals surface area contributed by atoms with Crippen molar-refractivity contribution >= 4 is 55.6 Å². The summed E-state index contributed by atoms with van der Waals surface area (Å²) < 4.78 is 18.0. The number of amides is 1. The summed E-state index contributed by atoms with van der Waals surface area (Å²) in [7, 11) is 1.28. The minimum atomic E-state index is -1.45. The fourth-order valence-electron chi connectivity index (χ4n) is 3.79. The first-order valence-corrected chi connectivity index (χ1v) is 12.7. The molecule has 34 heavy (non-hydrogen) atoms. The average Bonchev–Trinajstić information content (AvgIpc) is 2.83. The summed E-state index contributed by atoms with van der Waals surface area (Å²) in [4.78, 5) is 30.7. The fraction of sp³-hybridized carbons (Fsp3) is 0.115. The number of carbonyl (C=O) groups excluding carboxylic acids is 2. The van der Waals surface area contributed by atoms with E-state index < -0.39 is 17.1 Å². The third-order valence-corrected chi connectivity index (χ3v) is 6.88. The molecule has 4 aromatic rings. The maximum atomic E-state index is 13.6. The van der Waals surface area contributed by atoms with Gasteiger partial charge >= 0.3 is 5.97 Å². The second-order valence-electron chi connectivity index (χ2n) is 7.60. The monoisotopic (exact) mass is 536 g/mol. The number of aromatic nitrogens is 1. The van der Waals surface area contributed by atoms with Gasteiger partial charge in [0.1, 0.15) is 6.26 Å².